The molecular formula is C42H89N2+. The zero-order chi connectivity index (χ0) is 32.4. The van der Waals surface area contributed by atoms with Crippen molar-refractivity contribution < 1.29 is 4.48 Å². The van der Waals surface area contributed by atoms with Gasteiger partial charge in [0.2, 0.25) is 0 Å². The zero-order valence-electron chi connectivity index (χ0n) is 32.2. The molecule has 1 atom stereocenters. The molecule has 0 bridgehead atoms. The maximum Gasteiger partial charge on any atom is 0.144 e. The maximum atomic E-state index is 2.87. The molecule has 0 saturated heterocycles. The van der Waals surface area contributed by atoms with Crippen molar-refractivity contribution in [2.45, 2.75) is 239 Å². The zero-order valence-corrected chi connectivity index (χ0v) is 32.2. The van der Waals surface area contributed by atoms with Crippen LogP contribution >= 0.6 is 0 Å². The SMILES string of the molecule is CCCCCCCCCCCCCCCCCCN(CCCCCCCCCCCCCCCCCC)C(CC)[N+](C)(C)C. The summed E-state index contributed by atoms with van der Waals surface area (Å²) in [6.45, 7) is 9.65. The van der Waals surface area contributed by atoms with E-state index in [9.17, 15) is 0 Å². The molecule has 0 rings (SSSR count). The van der Waals surface area contributed by atoms with Crippen LogP contribution in [0.4, 0.5) is 0 Å². The highest BCUT2D eigenvalue weighted by Crippen LogP contribution is 2.19. The molecule has 44 heavy (non-hydrogen) atoms. The monoisotopic (exact) mass is 622 g/mol. The average molecular weight is 622 g/mol. The van der Waals surface area contributed by atoms with Crippen LogP contribution in [0.25, 0.3) is 0 Å². The van der Waals surface area contributed by atoms with Gasteiger partial charge in [0.25, 0.3) is 0 Å². The first-order valence-corrected chi connectivity index (χ1v) is 21.0. The number of hydrogen-bond donors (Lipinski definition) is 0. The summed E-state index contributed by atoms with van der Waals surface area (Å²) < 4.78 is 1.08. The minimum Gasteiger partial charge on any atom is -0.316 e. The van der Waals surface area contributed by atoms with Crippen LogP contribution in [0.15, 0.2) is 0 Å². The summed E-state index contributed by atoms with van der Waals surface area (Å²) in [5.41, 5.74) is 0. The van der Waals surface area contributed by atoms with Crippen LogP contribution in [0.1, 0.15) is 233 Å². The smallest absolute Gasteiger partial charge is 0.144 e. The molecule has 1 unspecified atom stereocenters. The number of quaternary nitrogens is 1. The molecule has 0 spiro atoms. The van der Waals surface area contributed by atoms with Crippen LogP contribution in [0.2, 0.25) is 0 Å². The standard InChI is InChI=1S/C42H89N2/c1-7-10-12-14-16-18-20-22-24-26-28-30-32-34-36-38-40-43(42(9-3)44(4,5)6)41-39-37-35-33-31-29-27-25-23-21-19-17-15-13-11-8-2/h42H,7-41H2,1-6H3/q+1. The Balaban J connectivity index is 3.81. The van der Waals surface area contributed by atoms with Crippen molar-refractivity contribution >= 4 is 0 Å². The molecule has 266 valence electrons. The van der Waals surface area contributed by atoms with E-state index < -0.39 is 0 Å². The van der Waals surface area contributed by atoms with Gasteiger partial charge in [-0.1, -0.05) is 213 Å². The second kappa shape index (κ2) is 34.3. The van der Waals surface area contributed by atoms with Gasteiger partial charge in [-0.3, -0.25) is 4.90 Å². The molecule has 0 aromatic rings. The van der Waals surface area contributed by atoms with Gasteiger partial charge in [0.1, 0.15) is 6.17 Å². The number of nitrogens with zero attached hydrogens (tertiary/aromatic N) is 2. The quantitative estimate of drug-likeness (QED) is 0.0379. The predicted octanol–water partition coefficient (Wildman–Crippen LogP) is 14.3. The highest BCUT2D eigenvalue weighted by molar-refractivity contribution is 4.64. The second-order valence-electron chi connectivity index (χ2n) is 15.6. The van der Waals surface area contributed by atoms with Crippen LogP contribution in [-0.4, -0.2) is 49.8 Å². The van der Waals surface area contributed by atoms with E-state index >= 15 is 0 Å². The van der Waals surface area contributed by atoms with Crippen LogP contribution in [0.5, 0.6) is 0 Å². The lowest BCUT2D eigenvalue weighted by atomic mass is 10.0. The molecule has 0 radical (unpaired) electrons. The van der Waals surface area contributed by atoms with Gasteiger partial charge < -0.3 is 4.48 Å². The van der Waals surface area contributed by atoms with Crippen LogP contribution in [-0.2, 0) is 0 Å². The van der Waals surface area contributed by atoms with E-state index in [0.29, 0.717) is 6.17 Å². The minimum atomic E-state index is 0.669. The van der Waals surface area contributed by atoms with Gasteiger partial charge in [-0.05, 0) is 12.8 Å². The third kappa shape index (κ3) is 30.6. The van der Waals surface area contributed by atoms with E-state index in [1.54, 1.807) is 0 Å². The molecule has 0 aliphatic heterocycles. The summed E-state index contributed by atoms with van der Waals surface area (Å²) in [7, 11) is 7.22. The summed E-state index contributed by atoms with van der Waals surface area (Å²) in [4.78, 5) is 2.87. The fourth-order valence-electron chi connectivity index (χ4n) is 7.43. The molecule has 0 saturated carbocycles. The molecule has 2 nitrogen and oxygen atoms in total. The largest absolute Gasteiger partial charge is 0.316 e. The Hall–Kier alpha value is -0.0800. The molecule has 0 amide bonds. The first-order chi connectivity index (χ1) is 21.5. The normalized spacial score (nSPS) is 12.9. The van der Waals surface area contributed by atoms with Crippen molar-refractivity contribution in [2.24, 2.45) is 0 Å². The van der Waals surface area contributed by atoms with Crippen LogP contribution in [0, 0.1) is 0 Å². The Labute approximate surface area is 281 Å². The van der Waals surface area contributed by atoms with E-state index in [4.69, 9.17) is 0 Å². The van der Waals surface area contributed by atoms with E-state index in [-0.39, 0.29) is 0 Å². The van der Waals surface area contributed by atoms with Gasteiger partial charge in [0.05, 0.1) is 21.1 Å². The van der Waals surface area contributed by atoms with E-state index in [1.165, 1.54) is 225 Å². The highest BCUT2D eigenvalue weighted by atomic mass is 15.4. The number of hydrogen-bond acceptors (Lipinski definition) is 1. The molecule has 2 heteroatoms. The van der Waals surface area contributed by atoms with Crippen LogP contribution in [0.3, 0.4) is 0 Å². The minimum absolute atomic E-state index is 0.669. The third-order valence-electron chi connectivity index (χ3n) is 10.3. The molecular weight excluding hydrogens is 532 g/mol. The fourth-order valence-corrected chi connectivity index (χ4v) is 7.43. The Bertz CT molecular complexity index is 488. The van der Waals surface area contributed by atoms with Crippen LogP contribution < -0.4 is 0 Å². The van der Waals surface area contributed by atoms with Gasteiger partial charge in [-0.2, -0.15) is 0 Å². The van der Waals surface area contributed by atoms with E-state index in [0.717, 1.165) is 4.48 Å². The first-order valence-electron chi connectivity index (χ1n) is 21.0. The second-order valence-corrected chi connectivity index (χ2v) is 15.6. The van der Waals surface area contributed by atoms with Crippen molar-refractivity contribution in [1.29, 1.82) is 0 Å². The molecule has 0 aliphatic carbocycles. The van der Waals surface area contributed by atoms with Crippen molar-refractivity contribution in [3.63, 3.8) is 0 Å². The van der Waals surface area contributed by atoms with Gasteiger partial charge >= 0.3 is 0 Å². The fraction of sp³-hybridized carbons (Fsp3) is 1.00. The lowest BCUT2D eigenvalue weighted by molar-refractivity contribution is -0.908. The Morgan fingerprint density at radius 1 is 0.318 bits per heavy atom. The Kier molecular flexibility index (Phi) is 34.2. The lowest BCUT2D eigenvalue weighted by Gasteiger charge is -2.41. The molecule has 0 fully saturated rings. The van der Waals surface area contributed by atoms with Crippen molar-refractivity contribution in [1.82, 2.24) is 4.90 Å². The van der Waals surface area contributed by atoms with Crippen molar-refractivity contribution in [2.75, 3.05) is 34.2 Å². The summed E-state index contributed by atoms with van der Waals surface area (Å²) in [6, 6.07) is 0. The van der Waals surface area contributed by atoms with Crippen molar-refractivity contribution in [3.05, 3.63) is 0 Å². The maximum absolute atomic E-state index is 2.87. The van der Waals surface area contributed by atoms with Gasteiger partial charge in [0.15, 0.2) is 0 Å². The lowest BCUT2D eigenvalue weighted by Crippen LogP contribution is -2.55. The van der Waals surface area contributed by atoms with Crippen molar-refractivity contribution in [3.8, 4) is 0 Å². The first kappa shape index (κ1) is 43.9. The molecule has 0 aromatic carbocycles. The molecule has 0 aromatic heterocycles. The summed E-state index contributed by atoms with van der Waals surface area (Å²) in [5.74, 6) is 0. The van der Waals surface area contributed by atoms with E-state index in [2.05, 4.69) is 46.8 Å². The van der Waals surface area contributed by atoms with Gasteiger partial charge in [-0.25, -0.2) is 0 Å². The number of rotatable bonds is 37. The Morgan fingerprint density at radius 2 is 0.523 bits per heavy atom. The third-order valence-corrected chi connectivity index (χ3v) is 10.3. The average Bonchev–Trinajstić information content (AvgIpc) is 2.99. The van der Waals surface area contributed by atoms with E-state index in [1.807, 2.05) is 0 Å². The summed E-state index contributed by atoms with van der Waals surface area (Å²) >= 11 is 0. The molecule has 0 aliphatic rings. The van der Waals surface area contributed by atoms with Gasteiger partial charge in [-0.15, -0.1) is 0 Å². The Morgan fingerprint density at radius 3 is 0.705 bits per heavy atom. The van der Waals surface area contributed by atoms with Gasteiger partial charge in [0, 0.05) is 19.5 Å². The summed E-state index contributed by atoms with van der Waals surface area (Å²) in [5, 5.41) is 0. The molecule has 0 heterocycles. The predicted molar refractivity (Wildman–Crippen MR) is 203 cm³/mol. The topological polar surface area (TPSA) is 3.24 Å². The number of unbranched alkanes of at least 4 members (excludes halogenated alkanes) is 30. The molecule has 0 N–H and O–H groups in total. The summed E-state index contributed by atoms with van der Waals surface area (Å²) in [6.07, 6.45) is 48.5. The highest BCUT2D eigenvalue weighted by Gasteiger charge is 2.28.